The predicted octanol–water partition coefficient (Wildman–Crippen LogP) is 4.53. The summed E-state index contributed by atoms with van der Waals surface area (Å²) >= 11 is 7.41. The Kier molecular flexibility index (Phi) is 5.75. The van der Waals surface area contributed by atoms with Gasteiger partial charge in [0.05, 0.1) is 28.8 Å². The standard InChI is InChI=1S/C20H22ClN5OS/c1-14-18(11-22-26(14)17-7-5-15(21)6-8-17)19(27)24-20-23-16(13-28-20)12-25-9-3-2-4-10-25/h5-8,11,13H,2-4,9-10,12H2,1H3,(H,23,24,27). The highest BCUT2D eigenvalue weighted by molar-refractivity contribution is 7.14. The summed E-state index contributed by atoms with van der Waals surface area (Å²) in [4.78, 5) is 19.7. The number of benzene rings is 1. The Hall–Kier alpha value is -2.22. The van der Waals surface area contributed by atoms with Gasteiger partial charge in [-0.2, -0.15) is 5.10 Å². The molecule has 0 spiro atoms. The first-order valence-electron chi connectivity index (χ1n) is 9.39. The number of nitrogens with one attached hydrogen (secondary N) is 1. The van der Waals surface area contributed by atoms with Crippen LogP contribution in [0.5, 0.6) is 0 Å². The fraction of sp³-hybridized carbons (Fsp3) is 0.350. The van der Waals surface area contributed by atoms with E-state index < -0.39 is 0 Å². The van der Waals surface area contributed by atoms with Gasteiger partial charge in [-0.1, -0.05) is 18.0 Å². The first-order chi connectivity index (χ1) is 13.6. The van der Waals surface area contributed by atoms with Gasteiger partial charge in [-0.15, -0.1) is 11.3 Å². The van der Waals surface area contributed by atoms with Crippen LogP contribution in [-0.2, 0) is 6.54 Å². The molecule has 0 unspecified atom stereocenters. The van der Waals surface area contributed by atoms with Crippen molar-refractivity contribution >= 4 is 34.0 Å². The minimum Gasteiger partial charge on any atom is -0.298 e. The van der Waals surface area contributed by atoms with Gasteiger partial charge in [0.15, 0.2) is 5.13 Å². The zero-order valence-electron chi connectivity index (χ0n) is 15.7. The lowest BCUT2D eigenvalue weighted by Crippen LogP contribution is -2.29. The second kappa shape index (κ2) is 8.43. The molecule has 1 aliphatic rings. The molecule has 3 aromatic rings. The molecule has 8 heteroatoms. The monoisotopic (exact) mass is 415 g/mol. The summed E-state index contributed by atoms with van der Waals surface area (Å²) in [6.45, 7) is 4.98. The highest BCUT2D eigenvalue weighted by Crippen LogP contribution is 2.21. The van der Waals surface area contributed by atoms with Crippen molar-refractivity contribution in [2.24, 2.45) is 0 Å². The highest BCUT2D eigenvalue weighted by Gasteiger charge is 2.17. The van der Waals surface area contributed by atoms with E-state index in [9.17, 15) is 4.79 Å². The van der Waals surface area contributed by atoms with Gasteiger partial charge in [-0.05, 0) is 57.1 Å². The third-order valence-electron chi connectivity index (χ3n) is 4.93. The summed E-state index contributed by atoms with van der Waals surface area (Å²) < 4.78 is 1.73. The van der Waals surface area contributed by atoms with Crippen LogP contribution in [-0.4, -0.2) is 38.7 Å². The zero-order chi connectivity index (χ0) is 19.5. The molecule has 1 amide bonds. The van der Waals surface area contributed by atoms with E-state index in [1.807, 2.05) is 24.4 Å². The number of aromatic nitrogens is 3. The lowest BCUT2D eigenvalue weighted by molar-refractivity contribution is 0.102. The van der Waals surface area contributed by atoms with Crippen LogP contribution in [0.1, 0.15) is 41.0 Å². The number of carbonyl (C=O) groups is 1. The molecule has 0 aliphatic carbocycles. The van der Waals surface area contributed by atoms with Crippen LogP contribution in [0.3, 0.4) is 0 Å². The second-order valence-corrected chi connectivity index (χ2v) is 8.26. The number of halogens is 1. The van der Waals surface area contributed by atoms with Crippen LogP contribution in [0, 0.1) is 6.92 Å². The van der Waals surface area contributed by atoms with Gasteiger partial charge in [0, 0.05) is 16.9 Å². The van der Waals surface area contributed by atoms with Gasteiger partial charge in [0.25, 0.3) is 5.91 Å². The summed E-state index contributed by atoms with van der Waals surface area (Å²) in [5, 5.41) is 10.6. The van der Waals surface area contributed by atoms with Crippen molar-refractivity contribution in [2.75, 3.05) is 18.4 Å². The molecule has 1 fully saturated rings. The van der Waals surface area contributed by atoms with Gasteiger partial charge in [0.2, 0.25) is 0 Å². The molecule has 2 aromatic heterocycles. The van der Waals surface area contributed by atoms with Crippen LogP contribution in [0.15, 0.2) is 35.8 Å². The quantitative estimate of drug-likeness (QED) is 0.665. The van der Waals surface area contributed by atoms with Gasteiger partial charge >= 0.3 is 0 Å². The molecule has 0 saturated carbocycles. The predicted molar refractivity (Wildman–Crippen MR) is 113 cm³/mol. The highest BCUT2D eigenvalue weighted by atomic mass is 35.5. The first-order valence-corrected chi connectivity index (χ1v) is 10.6. The van der Waals surface area contributed by atoms with E-state index in [0.29, 0.717) is 15.7 Å². The van der Waals surface area contributed by atoms with Gasteiger partial charge in [-0.3, -0.25) is 15.0 Å². The topological polar surface area (TPSA) is 63.1 Å². The third kappa shape index (κ3) is 4.27. The first kappa shape index (κ1) is 19.1. The van der Waals surface area contributed by atoms with Crippen LogP contribution < -0.4 is 5.32 Å². The summed E-state index contributed by atoms with van der Waals surface area (Å²) in [6, 6.07) is 7.35. The SMILES string of the molecule is Cc1c(C(=O)Nc2nc(CN3CCCCC3)cs2)cnn1-c1ccc(Cl)cc1. The largest absolute Gasteiger partial charge is 0.298 e. The number of thiazole rings is 1. The molecule has 28 heavy (non-hydrogen) atoms. The van der Waals surface area contributed by atoms with Crippen molar-refractivity contribution in [3.8, 4) is 5.69 Å². The lowest BCUT2D eigenvalue weighted by Gasteiger charge is -2.25. The smallest absolute Gasteiger partial charge is 0.260 e. The van der Waals surface area contributed by atoms with E-state index in [2.05, 4.69) is 20.3 Å². The van der Waals surface area contributed by atoms with E-state index in [4.69, 9.17) is 11.6 Å². The molecule has 146 valence electrons. The number of amides is 1. The van der Waals surface area contributed by atoms with Crippen LogP contribution >= 0.6 is 22.9 Å². The molecule has 1 saturated heterocycles. The molecule has 0 radical (unpaired) electrons. The number of likely N-dealkylation sites (tertiary alicyclic amines) is 1. The normalized spacial score (nSPS) is 14.9. The molecular weight excluding hydrogens is 394 g/mol. The van der Waals surface area contributed by atoms with Crippen molar-refractivity contribution in [2.45, 2.75) is 32.7 Å². The maximum atomic E-state index is 12.7. The van der Waals surface area contributed by atoms with Crippen molar-refractivity contribution in [3.63, 3.8) is 0 Å². The lowest BCUT2D eigenvalue weighted by atomic mass is 10.1. The van der Waals surface area contributed by atoms with Crippen LogP contribution in [0.2, 0.25) is 5.02 Å². The van der Waals surface area contributed by atoms with Crippen molar-refractivity contribution in [1.82, 2.24) is 19.7 Å². The Bertz CT molecular complexity index is 959. The summed E-state index contributed by atoms with van der Waals surface area (Å²) in [7, 11) is 0. The van der Waals surface area contributed by atoms with Crippen molar-refractivity contribution < 1.29 is 4.79 Å². The number of nitrogens with zero attached hydrogens (tertiary/aromatic N) is 4. The van der Waals surface area contributed by atoms with E-state index in [0.717, 1.165) is 36.7 Å². The summed E-state index contributed by atoms with van der Waals surface area (Å²) in [6.07, 6.45) is 5.41. The van der Waals surface area contributed by atoms with Gasteiger partial charge < -0.3 is 0 Å². The molecule has 0 bridgehead atoms. The minimum absolute atomic E-state index is 0.198. The van der Waals surface area contributed by atoms with Gasteiger partial charge in [0.1, 0.15) is 0 Å². The zero-order valence-corrected chi connectivity index (χ0v) is 17.3. The van der Waals surface area contributed by atoms with Crippen molar-refractivity contribution in [1.29, 1.82) is 0 Å². The summed E-state index contributed by atoms with van der Waals surface area (Å²) in [5.74, 6) is -0.198. The molecule has 6 nitrogen and oxygen atoms in total. The minimum atomic E-state index is -0.198. The number of anilines is 1. The molecule has 4 rings (SSSR count). The fourth-order valence-corrected chi connectivity index (χ4v) is 4.25. The van der Waals surface area contributed by atoms with Crippen LogP contribution in [0.4, 0.5) is 5.13 Å². The van der Waals surface area contributed by atoms with Gasteiger partial charge in [-0.25, -0.2) is 9.67 Å². The Morgan fingerprint density at radius 1 is 1.21 bits per heavy atom. The fourth-order valence-electron chi connectivity index (χ4n) is 3.42. The Morgan fingerprint density at radius 2 is 1.96 bits per heavy atom. The Balaban J connectivity index is 1.43. The Labute approximate surface area is 173 Å². The maximum absolute atomic E-state index is 12.7. The number of carbonyl (C=O) groups excluding carboxylic acids is 1. The molecule has 1 N–H and O–H groups in total. The number of rotatable bonds is 5. The maximum Gasteiger partial charge on any atom is 0.260 e. The number of hydrogen-bond donors (Lipinski definition) is 1. The van der Waals surface area contributed by atoms with Crippen molar-refractivity contribution in [3.05, 3.63) is 57.8 Å². The Morgan fingerprint density at radius 3 is 2.71 bits per heavy atom. The molecule has 1 aliphatic heterocycles. The van der Waals surface area contributed by atoms with E-state index in [1.54, 1.807) is 23.0 Å². The van der Waals surface area contributed by atoms with Crippen LogP contribution in [0.25, 0.3) is 5.69 Å². The third-order valence-corrected chi connectivity index (χ3v) is 5.99. The average Bonchev–Trinajstić information content (AvgIpc) is 3.29. The summed E-state index contributed by atoms with van der Waals surface area (Å²) in [5.41, 5.74) is 3.17. The molecule has 3 heterocycles. The number of hydrogen-bond acceptors (Lipinski definition) is 5. The van der Waals surface area contributed by atoms with E-state index >= 15 is 0 Å². The van der Waals surface area contributed by atoms with E-state index in [1.165, 1.54) is 30.6 Å². The van der Waals surface area contributed by atoms with E-state index in [-0.39, 0.29) is 5.91 Å². The molecular formula is C20H22ClN5OS. The second-order valence-electron chi connectivity index (χ2n) is 6.97. The molecule has 0 atom stereocenters. The number of piperidine rings is 1. The average molecular weight is 416 g/mol. The molecule has 1 aromatic carbocycles.